The van der Waals surface area contributed by atoms with E-state index in [1.807, 2.05) is 0 Å². The number of nitrogen functional groups attached to an aromatic ring is 1. The molecular weight excluding hydrogens is 398 g/mol. The van der Waals surface area contributed by atoms with Gasteiger partial charge in [-0.1, -0.05) is 28.9 Å². The lowest BCUT2D eigenvalue weighted by molar-refractivity contribution is 0.0697. The van der Waals surface area contributed by atoms with E-state index in [2.05, 4.69) is 5.16 Å². The highest BCUT2D eigenvalue weighted by molar-refractivity contribution is 6.33. The maximum absolute atomic E-state index is 11.0. The summed E-state index contributed by atoms with van der Waals surface area (Å²) in [6.07, 6.45) is 0. The maximum Gasteiger partial charge on any atom is 0.335 e. The van der Waals surface area contributed by atoms with Crippen LogP contribution < -0.4 is 10.5 Å². The molecule has 0 fully saturated rings. The Morgan fingerprint density at radius 2 is 1.97 bits per heavy atom. The van der Waals surface area contributed by atoms with Gasteiger partial charge in [-0.15, -0.1) is 0 Å². The summed E-state index contributed by atoms with van der Waals surface area (Å²) < 4.78 is 15.7. The fourth-order valence-electron chi connectivity index (χ4n) is 2.58. The fraction of sp³-hybridized carbons (Fsp3) is 0.150. The van der Waals surface area contributed by atoms with Gasteiger partial charge >= 0.3 is 5.97 Å². The maximum atomic E-state index is 11.0. The molecule has 2 aromatic carbocycles. The van der Waals surface area contributed by atoms with Crippen LogP contribution in [-0.2, 0) is 4.74 Å². The monoisotopic (exact) mass is 415 g/mol. The van der Waals surface area contributed by atoms with Crippen molar-refractivity contribution in [3.63, 3.8) is 0 Å². The normalized spacial score (nSPS) is 10.7. The lowest BCUT2D eigenvalue weighted by atomic mass is 10.0. The van der Waals surface area contributed by atoms with Crippen molar-refractivity contribution in [2.45, 2.75) is 0 Å². The number of nitrogens with zero attached hydrogens (tertiary/aromatic N) is 1. The fourth-order valence-corrected chi connectivity index (χ4v) is 2.79. The molecular formula is C20H18ClN3O5. The van der Waals surface area contributed by atoms with Crippen molar-refractivity contribution in [1.82, 2.24) is 5.16 Å². The average molecular weight is 416 g/mol. The van der Waals surface area contributed by atoms with Gasteiger partial charge in [-0.25, -0.2) is 4.79 Å². The van der Waals surface area contributed by atoms with Gasteiger partial charge in [0, 0.05) is 36.1 Å². The van der Waals surface area contributed by atoms with Crippen LogP contribution >= 0.6 is 11.6 Å². The zero-order valence-electron chi connectivity index (χ0n) is 15.4. The molecule has 1 aromatic heterocycles. The van der Waals surface area contributed by atoms with Crippen LogP contribution in [0.3, 0.4) is 0 Å². The number of aromatic nitrogens is 1. The van der Waals surface area contributed by atoms with Gasteiger partial charge in [0.25, 0.3) is 0 Å². The molecule has 29 heavy (non-hydrogen) atoms. The first-order valence-electron chi connectivity index (χ1n) is 8.51. The predicted octanol–water partition coefficient (Wildman–Crippen LogP) is 3.72. The largest absolute Gasteiger partial charge is 0.490 e. The Bertz CT molecular complexity index is 1050. The highest BCUT2D eigenvalue weighted by Gasteiger charge is 2.18. The van der Waals surface area contributed by atoms with E-state index in [9.17, 15) is 4.79 Å². The predicted molar refractivity (Wildman–Crippen MR) is 108 cm³/mol. The molecule has 0 aliphatic carbocycles. The number of rotatable bonds is 8. The molecule has 3 rings (SSSR count). The van der Waals surface area contributed by atoms with E-state index in [1.165, 1.54) is 18.2 Å². The minimum Gasteiger partial charge on any atom is -0.490 e. The van der Waals surface area contributed by atoms with Crippen LogP contribution in [0, 0.1) is 5.41 Å². The summed E-state index contributed by atoms with van der Waals surface area (Å²) in [5.41, 5.74) is 8.04. The molecule has 8 nitrogen and oxygen atoms in total. The molecule has 0 spiro atoms. The van der Waals surface area contributed by atoms with Gasteiger partial charge in [0.15, 0.2) is 5.76 Å². The summed E-state index contributed by atoms with van der Waals surface area (Å²) in [5, 5.41) is 21.6. The topological polar surface area (TPSA) is 132 Å². The van der Waals surface area contributed by atoms with Gasteiger partial charge in [-0.05, 0) is 18.2 Å². The van der Waals surface area contributed by atoms with E-state index < -0.39 is 5.97 Å². The summed E-state index contributed by atoms with van der Waals surface area (Å²) >= 11 is 6.24. The van der Waals surface area contributed by atoms with E-state index in [1.54, 1.807) is 31.4 Å². The molecule has 0 aliphatic rings. The van der Waals surface area contributed by atoms with Gasteiger partial charge in [-0.2, -0.15) is 0 Å². The van der Waals surface area contributed by atoms with Crippen molar-refractivity contribution >= 4 is 29.0 Å². The second-order valence-electron chi connectivity index (χ2n) is 6.05. The molecule has 9 heteroatoms. The number of aromatic carboxylic acids is 1. The third kappa shape index (κ3) is 4.56. The highest BCUT2D eigenvalue weighted by Crippen LogP contribution is 2.31. The van der Waals surface area contributed by atoms with Crippen LogP contribution in [0.4, 0.5) is 5.69 Å². The molecule has 0 saturated heterocycles. The second-order valence-corrected chi connectivity index (χ2v) is 6.45. The van der Waals surface area contributed by atoms with Crippen molar-refractivity contribution in [2.75, 3.05) is 26.1 Å². The lowest BCUT2D eigenvalue weighted by Crippen LogP contribution is -2.08. The third-order valence-electron chi connectivity index (χ3n) is 4.10. The molecule has 0 aliphatic heterocycles. The zero-order chi connectivity index (χ0) is 21.0. The lowest BCUT2D eigenvalue weighted by Gasteiger charge is -2.11. The van der Waals surface area contributed by atoms with Crippen molar-refractivity contribution in [3.8, 4) is 17.0 Å². The number of hydrogen-bond donors (Lipinski definition) is 3. The summed E-state index contributed by atoms with van der Waals surface area (Å²) in [5.74, 6) is -0.422. The van der Waals surface area contributed by atoms with Crippen LogP contribution in [0.2, 0.25) is 5.02 Å². The molecule has 0 saturated carbocycles. The van der Waals surface area contributed by atoms with Crippen LogP contribution in [0.15, 0.2) is 47.0 Å². The van der Waals surface area contributed by atoms with Gasteiger partial charge < -0.3 is 24.8 Å². The van der Waals surface area contributed by atoms with E-state index in [0.29, 0.717) is 46.5 Å². The highest BCUT2D eigenvalue weighted by atomic mass is 35.5. The van der Waals surface area contributed by atoms with E-state index in [4.69, 9.17) is 41.8 Å². The molecule has 150 valence electrons. The first kappa shape index (κ1) is 20.4. The van der Waals surface area contributed by atoms with E-state index >= 15 is 0 Å². The molecule has 3 aromatic rings. The molecule has 0 atom stereocenters. The van der Waals surface area contributed by atoms with Gasteiger partial charge in [0.2, 0.25) is 0 Å². The van der Waals surface area contributed by atoms with Gasteiger partial charge in [-0.3, -0.25) is 5.41 Å². The van der Waals surface area contributed by atoms with Crippen LogP contribution in [0.25, 0.3) is 11.3 Å². The van der Waals surface area contributed by atoms with Crippen molar-refractivity contribution in [2.24, 2.45) is 0 Å². The number of hydrogen-bond acceptors (Lipinski definition) is 7. The molecule has 0 unspecified atom stereocenters. The number of carboxylic acid groups (broad SMARTS) is 1. The van der Waals surface area contributed by atoms with Crippen molar-refractivity contribution < 1.29 is 23.9 Å². The first-order valence-corrected chi connectivity index (χ1v) is 8.89. The number of carboxylic acids is 1. The number of methoxy groups -OCH3 is 1. The Hall–Kier alpha value is -3.36. The first-order chi connectivity index (χ1) is 13.9. The van der Waals surface area contributed by atoms with E-state index in [0.717, 1.165) is 0 Å². The third-order valence-corrected chi connectivity index (χ3v) is 4.40. The Labute approximate surface area is 171 Å². The standard InChI is InChI=1S/C20H18ClN3O5/c1-27-6-7-28-17-9-15(22)13(8-14(17)21)19(23)18-10-16(24-29-18)11-2-4-12(5-3-11)20(25)26/h2-5,8-10,23H,6-7,22H2,1H3,(H,25,26). The molecule has 1 heterocycles. The summed E-state index contributed by atoms with van der Waals surface area (Å²) in [7, 11) is 1.57. The smallest absolute Gasteiger partial charge is 0.335 e. The number of carbonyl (C=O) groups is 1. The molecule has 0 radical (unpaired) electrons. The Morgan fingerprint density at radius 3 is 2.62 bits per heavy atom. The zero-order valence-corrected chi connectivity index (χ0v) is 16.2. The summed E-state index contributed by atoms with van der Waals surface area (Å²) in [6, 6.07) is 10.8. The van der Waals surface area contributed by atoms with Crippen molar-refractivity contribution in [1.29, 1.82) is 5.41 Å². The SMILES string of the molecule is COCCOc1cc(N)c(C(=N)c2cc(-c3ccc(C(=O)O)cc3)no2)cc1Cl. The molecule has 4 N–H and O–H groups in total. The van der Waals surface area contributed by atoms with Crippen molar-refractivity contribution in [3.05, 3.63) is 64.4 Å². The Kier molecular flexibility index (Phi) is 6.16. The average Bonchev–Trinajstić information content (AvgIpc) is 3.20. The van der Waals surface area contributed by atoms with Crippen LogP contribution in [0.5, 0.6) is 5.75 Å². The Balaban J connectivity index is 1.82. The van der Waals surface area contributed by atoms with Crippen LogP contribution in [0.1, 0.15) is 21.7 Å². The van der Waals surface area contributed by atoms with E-state index in [-0.39, 0.29) is 17.0 Å². The number of nitrogens with one attached hydrogen (secondary N) is 1. The van der Waals surface area contributed by atoms with Gasteiger partial charge in [0.1, 0.15) is 23.8 Å². The Morgan fingerprint density at radius 1 is 1.24 bits per heavy atom. The van der Waals surface area contributed by atoms with Crippen LogP contribution in [-0.4, -0.2) is 42.3 Å². The summed E-state index contributed by atoms with van der Waals surface area (Å²) in [6.45, 7) is 0.723. The quantitative estimate of drug-likeness (QED) is 0.290. The summed E-state index contributed by atoms with van der Waals surface area (Å²) in [4.78, 5) is 11.0. The molecule has 0 amide bonds. The number of anilines is 1. The second kappa shape index (κ2) is 8.76. The number of benzene rings is 2. The number of nitrogens with two attached hydrogens (primary N) is 1. The minimum atomic E-state index is -1.01. The number of ether oxygens (including phenoxy) is 2. The molecule has 0 bridgehead atoms. The number of halogens is 1. The minimum absolute atomic E-state index is 0.00810. The van der Waals surface area contributed by atoms with Gasteiger partial charge in [0.05, 0.1) is 17.2 Å².